The molecule has 10 heteroatoms. The molecule has 0 radical (unpaired) electrons. The number of nitrogens with one attached hydrogen (secondary N) is 1. The van der Waals surface area contributed by atoms with Gasteiger partial charge in [0.1, 0.15) is 16.4 Å². The molecule has 3 rings (SSSR count). The van der Waals surface area contributed by atoms with E-state index >= 15 is 0 Å². The smallest absolute Gasteiger partial charge is 0.266 e. The van der Waals surface area contributed by atoms with E-state index in [1.54, 1.807) is 12.1 Å². The number of nitrogens with zero attached hydrogens (tertiary/aromatic N) is 3. The Morgan fingerprint density at radius 1 is 1.23 bits per heavy atom. The zero-order valence-corrected chi connectivity index (χ0v) is 15.5. The summed E-state index contributed by atoms with van der Waals surface area (Å²) < 4.78 is 37.7. The molecule has 1 aromatic carbocycles. The van der Waals surface area contributed by atoms with Crippen LogP contribution in [0.4, 0.5) is 5.69 Å². The zero-order valence-electron chi connectivity index (χ0n) is 14.7. The summed E-state index contributed by atoms with van der Waals surface area (Å²) in [4.78, 5) is 13.3. The highest BCUT2D eigenvalue weighted by Crippen LogP contribution is 2.32. The van der Waals surface area contributed by atoms with Gasteiger partial charge in [0.05, 0.1) is 32.1 Å². The van der Waals surface area contributed by atoms with Gasteiger partial charge in [0.2, 0.25) is 10.0 Å². The fraction of sp³-hybridized carbons (Fsp3) is 0.375. The zero-order chi connectivity index (χ0) is 18.9. The monoisotopic (exact) mass is 380 g/mol. The molecule has 1 aliphatic rings. The Labute approximate surface area is 151 Å². The van der Waals surface area contributed by atoms with E-state index in [9.17, 15) is 13.2 Å². The van der Waals surface area contributed by atoms with Crippen molar-refractivity contribution in [2.75, 3.05) is 39.3 Å². The molecule has 1 saturated heterocycles. The van der Waals surface area contributed by atoms with Crippen LogP contribution >= 0.6 is 0 Å². The number of aromatic nitrogens is 2. The number of ether oxygens (including phenoxy) is 2. The Hall–Kier alpha value is -2.59. The summed E-state index contributed by atoms with van der Waals surface area (Å²) in [6.07, 6.45) is 1.54. The van der Waals surface area contributed by atoms with Crippen LogP contribution in [0.3, 0.4) is 0 Å². The van der Waals surface area contributed by atoms with Crippen molar-refractivity contribution in [2.45, 2.75) is 10.9 Å². The Balaban J connectivity index is 1.80. The minimum atomic E-state index is -3.77. The largest absolute Gasteiger partial charge is 0.497 e. The molecule has 0 aliphatic carbocycles. The molecule has 1 fully saturated rings. The predicted octanol–water partition coefficient (Wildman–Crippen LogP) is 0.296. The fourth-order valence-electron chi connectivity index (χ4n) is 2.77. The molecular formula is C16H20N4O5S. The van der Waals surface area contributed by atoms with Crippen LogP contribution in [-0.2, 0) is 10.0 Å². The predicted molar refractivity (Wildman–Crippen MR) is 95.4 cm³/mol. The molecule has 0 spiro atoms. The minimum absolute atomic E-state index is 0.0538. The lowest BCUT2D eigenvalue weighted by molar-refractivity contribution is 0.308. The molecule has 0 unspecified atom stereocenters. The van der Waals surface area contributed by atoms with E-state index in [1.165, 1.54) is 43.9 Å². The van der Waals surface area contributed by atoms with Crippen molar-refractivity contribution in [1.29, 1.82) is 0 Å². The topological polar surface area (TPSA) is 105 Å². The van der Waals surface area contributed by atoms with Gasteiger partial charge in [-0.1, -0.05) is 0 Å². The van der Waals surface area contributed by atoms with E-state index in [4.69, 9.17) is 9.47 Å². The summed E-state index contributed by atoms with van der Waals surface area (Å²) in [5.74, 6) is 0.690. The maximum Gasteiger partial charge on any atom is 0.266 e. The van der Waals surface area contributed by atoms with E-state index in [-0.39, 0.29) is 22.2 Å². The van der Waals surface area contributed by atoms with Gasteiger partial charge >= 0.3 is 0 Å². The van der Waals surface area contributed by atoms with E-state index in [1.807, 2.05) is 4.90 Å². The summed E-state index contributed by atoms with van der Waals surface area (Å²) in [5.41, 5.74) is 0.364. The molecule has 1 aliphatic heterocycles. The van der Waals surface area contributed by atoms with Crippen LogP contribution in [0.1, 0.15) is 0 Å². The Kier molecular flexibility index (Phi) is 4.88. The van der Waals surface area contributed by atoms with Crippen molar-refractivity contribution in [2.24, 2.45) is 0 Å². The summed E-state index contributed by atoms with van der Waals surface area (Å²) in [7, 11) is 0.660. The SMILES string of the molecule is COc1ccc(OC)c(S(=O)(=O)N(C)C2CN(c3cn[nH]c(=O)c3)C2)c1. The van der Waals surface area contributed by atoms with Crippen molar-refractivity contribution in [3.05, 3.63) is 40.8 Å². The Morgan fingerprint density at radius 3 is 2.58 bits per heavy atom. The first-order chi connectivity index (χ1) is 12.4. The van der Waals surface area contributed by atoms with E-state index in [2.05, 4.69) is 10.2 Å². The summed E-state index contributed by atoms with van der Waals surface area (Å²) in [5, 5.41) is 6.07. The van der Waals surface area contributed by atoms with Crippen molar-refractivity contribution in [3.8, 4) is 11.5 Å². The highest BCUT2D eigenvalue weighted by molar-refractivity contribution is 7.89. The Morgan fingerprint density at radius 2 is 1.96 bits per heavy atom. The van der Waals surface area contributed by atoms with Crippen LogP contribution in [0, 0.1) is 0 Å². The number of methoxy groups -OCH3 is 2. The highest BCUT2D eigenvalue weighted by Gasteiger charge is 2.38. The maximum atomic E-state index is 13.0. The third-order valence-electron chi connectivity index (χ3n) is 4.42. The van der Waals surface area contributed by atoms with Gasteiger partial charge in [0.15, 0.2) is 0 Å². The maximum absolute atomic E-state index is 13.0. The number of likely N-dealkylation sites (N-methyl/N-ethyl adjacent to an activating group) is 1. The summed E-state index contributed by atoms with van der Waals surface area (Å²) in [6, 6.07) is 5.86. The molecule has 0 bridgehead atoms. The van der Waals surface area contributed by atoms with Crippen LogP contribution in [0.2, 0.25) is 0 Å². The standard InChI is InChI=1S/C16H20N4O5S/c1-19(12-9-20(10-12)11-6-16(21)18-17-8-11)26(22,23)15-7-13(24-2)4-5-14(15)25-3/h4-8,12H,9-10H2,1-3H3,(H,18,21). The number of sulfonamides is 1. The van der Waals surface area contributed by atoms with Gasteiger partial charge < -0.3 is 14.4 Å². The Bertz CT molecular complexity index is 953. The normalized spacial score (nSPS) is 15.0. The average Bonchev–Trinajstić information content (AvgIpc) is 2.59. The summed E-state index contributed by atoms with van der Waals surface area (Å²) >= 11 is 0. The van der Waals surface area contributed by atoms with Gasteiger partial charge in [0.25, 0.3) is 5.56 Å². The van der Waals surface area contributed by atoms with Crippen LogP contribution in [0.25, 0.3) is 0 Å². The van der Waals surface area contributed by atoms with Gasteiger partial charge in [-0.2, -0.15) is 9.40 Å². The molecule has 140 valence electrons. The number of anilines is 1. The molecule has 1 N–H and O–H groups in total. The molecular weight excluding hydrogens is 360 g/mol. The van der Waals surface area contributed by atoms with Crippen LogP contribution in [-0.4, -0.2) is 63.3 Å². The number of hydrogen-bond acceptors (Lipinski definition) is 7. The molecule has 2 heterocycles. The average molecular weight is 380 g/mol. The van der Waals surface area contributed by atoms with E-state index in [0.717, 1.165) is 0 Å². The second kappa shape index (κ2) is 6.96. The number of hydrogen-bond donors (Lipinski definition) is 1. The lowest BCUT2D eigenvalue weighted by atomic mass is 10.1. The first kappa shape index (κ1) is 18.2. The molecule has 9 nitrogen and oxygen atoms in total. The van der Waals surface area contributed by atoms with Crippen LogP contribution in [0.15, 0.2) is 40.2 Å². The first-order valence-corrected chi connectivity index (χ1v) is 9.30. The third kappa shape index (κ3) is 3.25. The highest BCUT2D eigenvalue weighted by atomic mass is 32.2. The first-order valence-electron chi connectivity index (χ1n) is 7.86. The molecule has 0 saturated carbocycles. The van der Waals surface area contributed by atoms with Crippen LogP contribution < -0.4 is 19.9 Å². The van der Waals surface area contributed by atoms with E-state index in [0.29, 0.717) is 24.5 Å². The van der Waals surface area contributed by atoms with Gasteiger partial charge in [-0.15, -0.1) is 0 Å². The minimum Gasteiger partial charge on any atom is -0.497 e. The number of benzene rings is 1. The lowest BCUT2D eigenvalue weighted by Crippen LogP contribution is -2.59. The van der Waals surface area contributed by atoms with Crippen molar-refractivity contribution >= 4 is 15.7 Å². The number of aromatic amines is 1. The summed E-state index contributed by atoms with van der Waals surface area (Å²) in [6.45, 7) is 0.931. The second-order valence-electron chi connectivity index (χ2n) is 5.90. The van der Waals surface area contributed by atoms with Crippen molar-refractivity contribution < 1.29 is 17.9 Å². The van der Waals surface area contributed by atoms with Crippen molar-refractivity contribution in [3.63, 3.8) is 0 Å². The number of rotatable bonds is 6. The number of H-pyrrole nitrogens is 1. The molecule has 2 aromatic rings. The molecule has 0 atom stereocenters. The molecule has 26 heavy (non-hydrogen) atoms. The lowest BCUT2D eigenvalue weighted by Gasteiger charge is -2.44. The van der Waals surface area contributed by atoms with Gasteiger partial charge in [-0.3, -0.25) is 4.79 Å². The van der Waals surface area contributed by atoms with Gasteiger partial charge in [0, 0.05) is 32.3 Å². The molecule has 1 aromatic heterocycles. The third-order valence-corrected chi connectivity index (χ3v) is 6.35. The van der Waals surface area contributed by atoms with Gasteiger partial charge in [-0.05, 0) is 12.1 Å². The second-order valence-corrected chi connectivity index (χ2v) is 7.87. The van der Waals surface area contributed by atoms with Crippen molar-refractivity contribution in [1.82, 2.24) is 14.5 Å². The quantitative estimate of drug-likeness (QED) is 0.768. The molecule has 0 amide bonds. The van der Waals surface area contributed by atoms with E-state index < -0.39 is 10.0 Å². The van der Waals surface area contributed by atoms with Gasteiger partial charge in [-0.25, -0.2) is 13.5 Å². The fourth-order valence-corrected chi connectivity index (χ4v) is 4.28. The van der Waals surface area contributed by atoms with Crippen LogP contribution in [0.5, 0.6) is 11.5 Å².